The van der Waals surface area contributed by atoms with Gasteiger partial charge >= 0.3 is 0 Å². The van der Waals surface area contributed by atoms with E-state index < -0.39 is 0 Å². The Bertz CT molecular complexity index is 585. The van der Waals surface area contributed by atoms with Crippen LogP contribution in [0.3, 0.4) is 0 Å². The molecule has 0 unspecified atom stereocenters. The Labute approximate surface area is 107 Å². The number of aromatic hydroxyl groups is 1. The fourth-order valence-electron chi connectivity index (χ4n) is 2.41. The van der Waals surface area contributed by atoms with Crippen LogP contribution in [0.15, 0.2) is 30.3 Å². The van der Waals surface area contributed by atoms with E-state index in [-0.39, 0.29) is 11.5 Å². The molecule has 0 saturated carbocycles. The average molecular weight is 242 g/mol. The molecule has 0 atom stereocenters. The van der Waals surface area contributed by atoms with Gasteiger partial charge < -0.3 is 5.11 Å². The molecule has 0 aliphatic heterocycles. The van der Waals surface area contributed by atoms with Crippen molar-refractivity contribution >= 4 is 16.6 Å². The standard InChI is InChI=1S/C16H18O2/c1-3-4-8-14-13-9-6-5-7-12(13)10-15(18)16(14)11(2)17/h5-7,9-10,18H,3-4,8H2,1-2H3. The number of rotatable bonds is 4. The number of phenols is 1. The van der Waals surface area contributed by atoms with Crippen molar-refractivity contribution in [1.82, 2.24) is 0 Å². The van der Waals surface area contributed by atoms with Crippen LogP contribution in [-0.2, 0) is 6.42 Å². The Morgan fingerprint density at radius 3 is 2.67 bits per heavy atom. The SMILES string of the molecule is CCCCc1c(C(C)=O)c(O)cc2ccccc12. The van der Waals surface area contributed by atoms with E-state index in [1.165, 1.54) is 6.92 Å². The van der Waals surface area contributed by atoms with Crippen molar-refractivity contribution in [2.75, 3.05) is 0 Å². The molecule has 2 aromatic carbocycles. The van der Waals surface area contributed by atoms with Crippen LogP contribution < -0.4 is 0 Å². The molecule has 0 radical (unpaired) electrons. The maximum absolute atomic E-state index is 11.7. The number of hydrogen-bond donors (Lipinski definition) is 1. The van der Waals surface area contributed by atoms with Crippen molar-refractivity contribution < 1.29 is 9.90 Å². The third-order valence-electron chi connectivity index (χ3n) is 3.27. The first-order valence-electron chi connectivity index (χ1n) is 6.39. The number of phenolic OH excluding ortho intramolecular Hbond substituents is 1. The second-order valence-corrected chi connectivity index (χ2v) is 4.63. The van der Waals surface area contributed by atoms with Gasteiger partial charge in [0.1, 0.15) is 5.75 Å². The highest BCUT2D eigenvalue weighted by molar-refractivity contribution is 6.04. The predicted molar refractivity (Wildman–Crippen MR) is 74.2 cm³/mol. The van der Waals surface area contributed by atoms with Crippen molar-refractivity contribution in [3.8, 4) is 5.75 Å². The van der Waals surface area contributed by atoms with Gasteiger partial charge in [-0.25, -0.2) is 0 Å². The second-order valence-electron chi connectivity index (χ2n) is 4.63. The van der Waals surface area contributed by atoms with Gasteiger partial charge in [0.2, 0.25) is 0 Å². The topological polar surface area (TPSA) is 37.3 Å². The minimum Gasteiger partial charge on any atom is -0.507 e. The molecule has 0 heterocycles. The van der Waals surface area contributed by atoms with Crippen LogP contribution in [0, 0.1) is 0 Å². The number of carbonyl (C=O) groups excluding carboxylic acids is 1. The lowest BCUT2D eigenvalue weighted by atomic mass is 9.92. The Hall–Kier alpha value is -1.83. The Balaban J connectivity index is 2.72. The van der Waals surface area contributed by atoms with Gasteiger partial charge in [-0.15, -0.1) is 0 Å². The molecule has 2 heteroatoms. The fourth-order valence-corrected chi connectivity index (χ4v) is 2.41. The highest BCUT2D eigenvalue weighted by atomic mass is 16.3. The van der Waals surface area contributed by atoms with Crippen molar-refractivity contribution in [3.63, 3.8) is 0 Å². The molecule has 0 aromatic heterocycles. The van der Waals surface area contributed by atoms with Gasteiger partial charge in [-0.1, -0.05) is 37.6 Å². The van der Waals surface area contributed by atoms with Gasteiger partial charge in [-0.2, -0.15) is 0 Å². The highest BCUT2D eigenvalue weighted by Crippen LogP contribution is 2.31. The lowest BCUT2D eigenvalue weighted by Gasteiger charge is -2.13. The van der Waals surface area contributed by atoms with Crippen LogP contribution in [0.2, 0.25) is 0 Å². The number of aryl methyl sites for hydroxylation is 1. The van der Waals surface area contributed by atoms with Crippen LogP contribution in [-0.4, -0.2) is 10.9 Å². The first kappa shape index (κ1) is 12.6. The van der Waals surface area contributed by atoms with Crippen molar-refractivity contribution in [1.29, 1.82) is 0 Å². The molecule has 0 aliphatic rings. The molecule has 2 aromatic rings. The molecule has 0 saturated heterocycles. The molecule has 18 heavy (non-hydrogen) atoms. The minimum absolute atomic E-state index is 0.0654. The fraction of sp³-hybridized carbons (Fsp3) is 0.312. The number of unbranched alkanes of at least 4 members (excludes halogenated alkanes) is 1. The van der Waals surface area contributed by atoms with Crippen LogP contribution in [0.5, 0.6) is 5.75 Å². The van der Waals surface area contributed by atoms with E-state index in [0.717, 1.165) is 35.6 Å². The quantitative estimate of drug-likeness (QED) is 0.820. The summed E-state index contributed by atoms with van der Waals surface area (Å²) in [5.74, 6) is 0.0386. The van der Waals surface area contributed by atoms with E-state index in [1.54, 1.807) is 6.07 Å². The van der Waals surface area contributed by atoms with Crippen LogP contribution in [0.1, 0.15) is 42.6 Å². The lowest BCUT2D eigenvalue weighted by Crippen LogP contribution is -2.02. The number of Topliss-reactive ketones (excluding diaryl/α,β-unsaturated/α-hetero) is 1. The number of hydrogen-bond acceptors (Lipinski definition) is 2. The zero-order valence-corrected chi connectivity index (χ0v) is 10.9. The van der Waals surface area contributed by atoms with E-state index in [0.29, 0.717) is 5.56 Å². The van der Waals surface area contributed by atoms with E-state index in [1.807, 2.05) is 24.3 Å². The third-order valence-corrected chi connectivity index (χ3v) is 3.27. The molecule has 0 amide bonds. The summed E-state index contributed by atoms with van der Waals surface area (Å²) >= 11 is 0. The molecule has 0 fully saturated rings. The average Bonchev–Trinajstić information content (AvgIpc) is 2.34. The molecule has 2 nitrogen and oxygen atoms in total. The normalized spacial score (nSPS) is 10.8. The molecule has 1 N–H and O–H groups in total. The number of carbonyl (C=O) groups is 1. The Kier molecular flexibility index (Phi) is 3.66. The number of ketones is 1. The summed E-state index contributed by atoms with van der Waals surface area (Å²) in [6.45, 7) is 3.64. The second kappa shape index (κ2) is 5.21. The summed E-state index contributed by atoms with van der Waals surface area (Å²) in [6, 6.07) is 9.58. The van der Waals surface area contributed by atoms with Gasteiger partial charge in [0.25, 0.3) is 0 Å². The lowest BCUT2D eigenvalue weighted by molar-refractivity contribution is 0.101. The van der Waals surface area contributed by atoms with E-state index in [4.69, 9.17) is 0 Å². The summed E-state index contributed by atoms with van der Waals surface area (Å²) in [7, 11) is 0. The molecule has 0 aliphatic carbocycles. The summed E-state index contributed by atoms with van der Waals surface area (Å²) in [6.07, 6.45) is 2.93. The molecule has 2 rings (SSSR count). The minimum atomic E-state index is -0.0654. The van der Waals surface area contributed by atoms with Gasteiger partial charge in [-0.3, -0.25) is 4.79 Å². The summed E-state index contributed by atoms with van der Waals surface area (Å²) in [4.78, 5) is 11.7. The van der Waals surface area contributed by atoms with E-state index in [9.17, 15) is 9.90 Å². The number of fused-ring (bicyclic) bond motifs is 1. The summed E-state index contributed by atoms with van der Waals surface area (Å²) in [5.41, 5.74) is 1.47. The van der Waals surface area contributed by atoms with Crippen LogP contribution in [0.25, 0.3) is 10.8 Å². The van der Waals surface area contributed by atoms with Crippen LogP contribution in [0.4, 0.5) is 0 Å². The largest absolute Gasteiger partial charge is 0.507 e. The first-order valence-corrected chi connectivity index (χ1v) is 6.39. The Morgan fingerprint density at radius 2 is 2.00 bits per heavy atom. The smallest absolute Gasteiger partial charge is 0.163 e. The van der Waals surface area contributed by atoms with Crippen molar-refractivity contribution in [2.45, 2.75) is 33.1 Å². The third kappa shape index (κ3) is 2.23. The van der Waals surface area contributed by atoms with Gasteiger partial charge in [0.15, 0.2) is 5.78 Å². The van der Waals surface area contributed by atoms with Gasteiger partial charge in [0.05, 0.1) is 5.56 Å². The van der Waals surface area contributed by atoms with Crippen molar-refractivity contribution in [3.05, 3.63) is 41.5 Å². The molecular weight excluding hydrogens is 224 g/mol. The molecular formula is C16H18O2. The van der Waals surface area contributed by atoms with Crippen molar-refractivity contribution in [2.24, 2.45) is 0 Å². The summed E-state index contributed by atoms with van der Waals surface area (Å²) in [5, 5.41) is 12.1. The predicted octanol–water partition coefficient (Wildman–Crippen LogP) is 4.09. The number of benzene rings is 2. The monoisotopic (exact) mass is 242 g/mol. The van der Waals surface area contributed by atoms with Crippen LogP contribution >= 0.6 is 0 Å². The van der Waals surface area contributed by atoms with E-state index in [2.05, 4.69) is 6.92 Å². The zero-order chi connectivity index (χ0) is 13.1. The first-order chi connectivity index (χ1) is 8.65. The summed E-state index contributed by atoms with van der Waals surface area (Å²) < 4.78 is 0. The maximum Gasteiger partial charge on any atom is 0.163 e. The molecule has 0 bridgehead atoms. The highest BCUT2D eigenvalue weighted by Gasteiger charge is 2.15. The van der Waals surface area contributed by atoms with Gasteiger partial charge in [0, 0.05) is 0 Å². The molecule has 0 spiro atoms. The molecule has 94 valence electrons. The Morgan fingerprint density at radius 1 is 1.28 bits per heavy atom. The maximum atomic E-state index is 11.7. The van der Waals surface area contributed by atoms with Gasteiger partial charge in [-0.05, 0) is 42.2 Å². The zero-order valence-electron chi connectivity index (χ0n) is 10.9. The van der Waals surface area contributed by atoms with E-state index >= 15 is 0 Å².